The van der Waals surface area contributed by atoms with Crippen molar-refractivity contribution in [2.24, 2.45) is 16.3 Å². The van der Waals surface area contributed by atoms with Crippen molar-refractivity contribution in [1.82, 2.24) is 15.2 Å². The van der Waals surface area contributed by atoms with Crippen molar-refractivity contribution in [2.45, 2.75) is 44.3 Å². The molecule has 1 aliphatic carbocycles. The van der Waals surface area contributed by atoms with E-state index in [1.165, 1.54) is 17.4 Å². The summed E-state index contributed by atoms with van der Waals surface area (Å²) in [4.78, 5) is 36.2. The van der Waals surface area contributed by atoms with Gasteiger partial charge >= 0.3 is 11.9 Å². The molecule has 4 unspecified atom stereocenters. The molecule has 0 radical (unpaired) electrons. The lowest BCUT2D eigenvalue weighted by molar-refractivity contribution is -0.139. The topological polar surface area (TPSA) is 113 Å². The van der Waals surface area contributed by atoms with Gasteiger partial charge in [-0.25, -0.2) is 18.6 Å². The third kappa shape index (κ3) is 4.44. The molecule has 1 spiro atoms. The first-order valence-electron chi connectivity index (χ1n) is 13.0. The minimum atomic E-state index is -1.03. The van der Waals surface area contributed by atoms with Gasteiger partial charge in [0.1, 0.15) is 6.04 Å². The van der Waals surface area contributed by atoms with Gasteiger partial charge in [0.2, 0.25) is 0 Å². The predicted octanol–water partition coefficient (Wildman–Crippen LogP) is 3.28. The SMILES string of the molecule is CCOC(=O)C1=C(CN2C3COCC34CC(CC(=O)O)CC24)NC(c2nccs2)=N[C@H]1c1ccc(F)c(F)c1. The zero-order valence-electron chi connectivity index (χ0n) is 21.2. The number of thiazole rings is 1. The van der Waals surface area contributed by atoms with Crippen molar-refractivity contribution in [2.75, 3.05) is 26.4 Å². The minimum Gasteiger partial charge on any atom is -0.481 e. The normalized spacial score (nSPS) is 29.8. The Balaban J connectivity index is 1.39. The molecule has 2 N–H and O–H groups in total. The number of hydrogen-bond acceptors (Lipinski definition) is 9. The molecule has 12 heteroatoms. The van der Waals surface area contributed by atoms with E-state index in [4.69, 9.17) is 14.5 Å². The third-order valence-electron chi connectivity index (χ3n) is 8.32. The highest BCUT2D eigenvalue weighted by Gasteiger charge is 2.67. The second-order valence-electron chi connectivity index (χ2n) is 10.5. The van der Waals surface area contributed by atoms with E-state index in [9.17, 15) is 23.5 Å². The molecule has 3 fully saturated rings. The van der Waals surface area contributed by atoms with Crippen LogP contribution in [0.5, 0.6) is 0 Å². The number of hydrogen-bond donors (Lipinski definition) is 2. The van der Waals surface area contributed by atoms with Gasteiger partial charge in [0, 0.05) is 47.7 Å². The maximum atomic E-state index is 14.3. The van der Waals surface area contributed by atoms with Gasteiger partial charge in [-0.2, -0.15) is 0 Å². The first-order chi connectivity index (χ1) is 18.8. The van der Waals surface area contributed by atoms with Crippen LogP contribution in [0, 0.1) is 23.0 Å². The lowest BCUT2D eigenvalue weighted by Gasteiger charge is -2.57. The summed E-state index contributed by atoms with van der Waals surface area (Å²) < 4.78 is 39.4. The lowest BCUT2D eigenvalue weighted by atomic mass is 9.68. The standard InChI is InChI=1S/C27H28F2N4O5S/c1-2-38-26(36)22-18(11-33-19-7-14(8-21(34)35)10-27(19)13-37-12-20(27)33)31-24(25-30-5-6-39-25)32-23(22)15-3-4-16(28)17(29)9-15/h3-6,9,14,19-20,23H,2,7-8,10-13H2,1H3,(H,31,32)(H,34,35)/t14?,19?,20?,23-,27?/m0/s1. The Morgan fingerprint density at radius 3 is 2.87 bits per heavy atom. The number of carbonyl (C=O) groups is 2. The molecule has 9 nitrogen and oxygen atoms in total. The summed E-state index contributed by atoms with van der Waals surface area (Å²) in [6.45, 7) is 3.28. The number of likely N-dealkylation sites (tertiary alicyclic amines) is 1. The van der Waals surface area contributed by atoms with E-state index in [-0.39, 0.29) is 42.0 Å². The molecule has 4 heterocycles. The molecule has 4 aliphatic rings. The summed E-state index contributed by atoms with van der Waals surface area (Å²) in [6.07, 6.45) is 3.29. The Morgan fingerprint density at radius 2 is 2.15 bits per heavy atom. The fourth-order valence-electron chi connectivity index (χ4n) is 6.82. The van der Waals surface area contributed by atoms with E-state index < -0.39 is 29.6 Å². The summed E-state index contributed by atoms with van der Waals surface area (Å²) >= 11 is 1.36. The van der Waals surface area contributed by atoms with Crippen molar-refractivity contribution in [3.8, 4) is 0 Å². The minimum absolute atomic E-state index is 0.0573. The number of amidine groups is 1. The van der Waals surface area contributed by atoms with Gasteiger partial charge in [-0.1, -0.05) is 6.07 Å². The van der Waals surface area contributed by atoms with Crippen molar-refractivity contribution in [3.63, 3.8) is 0 Å². The number of nitrogens with one attached hydrogen (secondary N) is 1. The van der Waals surface area contributed by atoms with Gasteiger partial charge in [-0.15, -0.1) is 11.3 Å². The summed E-state index contributed by atoms with van der Waals surface area (Å²) in [6, 6.07) is 2.75. The first-order valence-corrected chi connectivity index (χ1v) is 13.8. The Bertz CT molecular complexity index is 1370. The molecule has 39 heavy (non-hydrogen) atoms. The number of nitrogens with zero attached hydrogens (tertiary/aromatic N) is 3. The molecule has 0 amide bonds. The van der Waals surface area contributed by atoms with Crippen LogP contribution in [0.25, 0.3) is 0 Å². The summed E-state index contributed by atoms with van der Waals surface area (Å²) in [5.41, 5.74) is 0.991. The van der Waals surface area contributed by atoms with Crippen LogP contribution in [-0.2, 0) is 19.1 Å². The molecule has 3 aliphatic heterocycles. The number of carboxylic acids is 1. The second kappa shape index (κ2) is 10.1. The molecule has 5 atom stereocenters. The molecule has 1 saturated carbocycles. The van der Waals surface area contributed by atoms with E-state index in [0.717, 1.165) is 25.0 Å². The zero-order valence-corrected chi connectivity index (χ0v) is 22.0. The Morgan fingerprint density at radius 1 is 1.31 bits per heavy atom. The molecule has 1 aromatic heterocycles. The molecule has 1 aromatic carbocycles. The number of aromatic nitrogens is 1. The maximum Gasteiger partial charge on any atom is 0.338 e. The van der Waals surface area contributed by atoms with Crippen LogP contribution in [0.4, 0.5) is 8.78 Å². The summed E-state index contributed by atoms with van der Waals surface area (Å²) in [5.74, 6) is -2.95. The molecular weight excluding hydrogens is 530 g/mol. The maximum absolute atomic E-state index is 14.3. The number of rotatable bonds is 8. The number of ether oxygens (including phenoxy) is 2. The molecule has 2 saturated heterocycles. The lowest BCUT2D eigenvalue weighted by Crippen LogP contribution is -2.69. The first kappa shape index (κ1) is 26.0. The van der Waals surface area contributed by atoms with Crippen LogP contribution >= 0.6 is 11.3 Å². The van der Waals surface area contributed by atoms with Crippen molar-refractivity contribution in [3.05, 3.63) is 63.3 Å². The highest BCUT2D eigenvalue weighted by atomic mass is 32.1. The van der Waals surface area contributed by atoms with Crippen LogP contribution in [0.15, 0.2) is 46.0 Å². The number of halogens is 2. The van der Waals surface area contributed by atoms with Gasteiger partial charge < -0.3 is 19.9 Å². The summed E-state index contributed by atoms with van der Waals surface area (Å²) in [7, 11) is 0. The van der Waals surface area contributed by atoms with Gasteiger partial charge in [0.25, 0.3) is 0 Å². The second-order valence-corrected chi connectivity index (χ2v) is 11.4. The highest BCUT2D eigenvalue weighted by molar-refractivity contribution is 7.11. The van der Waals surface area contributed by atoms with Crippen LogP contribution in [0.3, 0.4) is 0 Å². The van der Waals surface area contributed by atoms with E-state index in [2.05, 4.69) is 15.2 Å². The largest absolute Gasteiger partial charge is 0.481 e. The number of carbonyl (C=O) groups excluding carboxylic acids is 1. The molecule has 206 valence electrons. The highest BCUT2D eigenvalue weighted by Crippen LogP contribution is 2.60. The van der Waals surface area contributed by atoms with Gasteiger partial charge in [-0.3, -0.25) is 14.7 Å². The third-order valence-corrected chi connectivity index (χ3v) is 9.10. The van der Waals surface area contributed by atoms with Crippen molar-refractivity contribution >= 4 is 29.1 Å². The quantitative estimate of drug-likeness (QED) is 0.475. The summed E-state index contributed by atoms with van der Waals surface area (Å²) in [5, 5.41) is 15.1. The Kier molecular flexibility index (Phi) is 6.72. The van der Waals surface area contributed by atoms with Crippen molar-refractivity contribution in [1.29, 1.82) is 0 Å². The number of esters is 1. The van der Waals surface area contributed by atoms with Gasteiger partial charge in [0.05, 0.1) is 25.4 Å². The zero-order chi connectivity index (χ0) is 27.3. The van der Waals surface area contributed by atoms with E-state index >= 15 is 0 Å². The fraction of sp³-hybridized carbons (Fsp3) is 0.481. The Labute approximate surface area is 227 Å². The molecule has 6 rings (SSSR count). The van der Waals surface area contributed by atoms with Crippen LogP contribution in [0.1, 0.15) is 42.8 Å². The van der Waals surface area contributed by atoms with Gasteiger partial charge in [-0.05, 0) is 43.4 Å². The fourth-order valence-corrected chi connectivity index (χ4v) is 7.41. The average Bonchev–Trinajstić information content (AvgIpc) is 3.63. The number of benzene rings is 1. The smallest absolute Gasteiger partial charge is 0.338 e. The average molecular weight is 559 g/mol. The van der Waals surface area contributed by atoms with Gasteiger partial charge in [0.15, 0.2) is 22.5 Å². The van der Waals surface area contributed by atoms with E-state index in [1.54, 1.807) is 18.5 Å². The van der Waals surface area contributed by atoms with Crippen LogP contribution < -0.4 is 5.32 Å². The molecular formula is C27H28F2N4O5S. The monoisotopic (exact) mass is 558 g/mol. The van der Waals surface area contributed by atoms with E-state index in [0.29, 0.717) is 41.9 Å². The molecule has 0 bridgehead atoms. The number of aliphatic imine (C=N–C) groups is 1. The van der Waals surface area contributed by atoms with Crippen LogP contribution in [-0.4, -0.2) is 71.2 Å². The number of aliphatic carboxylic acids is 1. The number of carboxylic acid groups (broad SMARTS) is 1. The molecule has 2 aromatic rings. The van der Waals surface area contributed by atoms with Crippen LogP contribution in [0.2, 0.25) is 0 Å². The predicted molar refractivity (Wildman–Crippen MR) is 137 cm³/mol. The Hall–Kier alpha value is -3.22. The van der Waals surface area contributed by atoms with E-state index in [1.807, 2.05) is 0 Å². The van der Waals surface area contributed by atoms with Crippen molar-refractivity contribution < 1.29 is 33.0 Å².